The van der Waals surface area contributed by atoms with Crippen LogP contribution in [0.2, 0.25) is 0 Å². The molecule has 0 saturated carbocycles. The summed E-state index contributed by atoms with van der Waals surface area (Å²) in [4.78, 5) is 12.8. The Morgan fingerprint density at radius 2 is 1.80 bits per heavy atom. The fourth-order valence-corrected chi connectivity index (χ4v) is 3.15. The summed E-state index contributed by atoms with van der Waals surface area (Å²) >= 11 is 0. The summed E-state index contributed by atoms with van der Waals surface area (Å²) in [5, 5.41) is 3.03. The van der Waals surface area contributed by atoms with E-state index in [1.807, 2.05) is 39.8 Å². The van der Waals surface area contributed by atoms with Crippen LogP contribution in [0.3, 0.4) is 0 Å². The number of hydrogen-bond donors (Lipinski definition) is 1. The normalized spacial score (nSPS) is 13.6. The van der Waals surface area contributed by atoms with Crippen molar-refractivity contribution in [2.75, 3.05) is 18.5 Å². The zero-order chi connectivity index (χ0) is 19.0. The van der Waals surface area contributed by atoms with Crippen molar-refractivity contribution in [1.82, 2.24) is 0 Å². The van der Waals surface area contributed by atoms with Gasteiger partial charge in [0.25, 0.3) is 5.91 Å². The van der Waals surface area contributed by atoms with E-state index in [0.717, 1.165) is 42.0 Å². The fourth-order valence-electron chi connectivity index (χ4n) is 3.15. The van der Waals surface area contributed by atoms with Gasteiger partial charge in [-0.2, -0.15) is 0 Å². The Balaban J connectivity index is 2.92. The predicted molar refractivity (Wildman–Crippen MR) is 104 cm³/mol. The van der Waals surface area contributed by atoms with Crippen LogP contribution < -0.4 is 10.1 Å². The third kappa shape index (κ3) is 6.35. The second-order valence-corrected chi connectivity index (χ2v) is 7.36. The highest BCUT2D eigenvalue weighted by Gasteiger charge is 2.34. The van der Waals surface area contributed by atoms with E-state index in [1.54, 1.807) is 0 Å². The molecular weight excluding hydrogens is 314 g/mol. The topological polar surface area (TPSA) is 47.6 Å². The van der Waals surface area contributed by atoms with E-state index in [-0.39, 0.29) is 5.91 Å². The maximum Gasteiger partial charge on any atom is 0.256 e. The van der Waals surface area contributed by atoms with Gasteiger partial charge in [0.2, 0.25) is 0 Å². The van der Waals surface area contributed by atoms with Crippen LogP contribution in [0, 0.1) is 19.8 Å². The molecule has 4 heteroatoms. The van der Waals surface area contributed by atoms with Gasteiger partial charge in [0.05, 0.1) is 6.61 Å². The molecule has 1 amide bonds. The Labute approximate surface area is 153 Å². The van der Waals surface area contributed by atoms with Crippen LogP contribution in [-0.2, 0) is 9.53 Å². The highest BCUT2D eigenvalue weighted by molar-refractivity contribution is 5.97. The SMILES string of the molecule is CCCCOc1c(C)cc(NC(=O)C(C)(CC(C)C)OCC)cc1C. The molecule has 1 unspecified atom stereocenters. The van der Waals surface area contributed by atoms with E-state index < -0.39 is 5.60 Å². The molecule has 1 N–H and O–H groups in total. The average Bonchev–Trinajstić information content (AvgIpc) is 2.49. The second-order valence-electron chi connectivity index (χ2n) is 7.36. The average molecular weight is 350 g/mol. The van der Waals surface area contributed by atoms with Crippen LogP contribution in [0.4, 0.5) is 5.69 Å². The number of carbonyl (C=O) groups is 1. The van der Waals surface area contributed by atoms with Crippen molar-refractivity contribution in [3.05, 3.63) is 23.3 Å². The molecule has 1 rings (SSSR count). The van der Waals surface area contributed by atoms with Crippen LogP contribution in [0.5, 0.6) is 5.75 Å². The molecule has 1 aromatic rings. The number of hydrogen-bond acceptors (Lipinski definition) is 3. The standard InChI is InChI=1S/C21H35NO3/c1-8-10-11-24-19-16(5)12-18(13-17(19)6)22-20(23)21(7,25-9-2)14-15(3)4/h12-13,15H,8-11,14H2,1-7H3,(H,22,23). The highest BCUT2D eigenvalue weighted by Crippen LogP contribution is 2.29. The minimum absolute atomic E-state index is 0.0958. The summed E-state index contributed by atoms with van der Waals surface area (Å²) in [7, 11) is 0. The lowest BCUT2D eigenvalue weighted by Crippen LogP contribution is -2.44. The van der Waals surface area contributed by atoms with Crippen LogP contribution in [0.15, 0.2) is 12.1 Å². The summed E-state index contributed by atoms with van der Waals surface area (Å²) in [5.74, 6) is 1.20. The third-order valence-corrected chi connectivity index (χ3v) is 4.20. The number of anilines is 1. The van der Waals surface area contributed by atoms with Crippen LogP contribution in [0.25, 0.3) is 0 Å². The predicted octanol–water partition coefficient (Wildman–Crippen LogP) is 5.26. The molecule has 0 aromatic heterocycles. The van der Waals surface area contributed by atoms with Gasteiger partial charge in [0.1, 0.15) is 11.4 Å². The van der Waals surface area contributed by atoms with E-state index in [0.29, 0.717) is 18.9 Å². The first-order valence-corrected chi connectivity index (χ1v) is 9.43. The molecule has 0 bridgehead atoms. The van der Waals surface area contributed by atoms with Crippen molar-refractivity contribution in [2.45, 2.75) is 73.3 Å². The van der Waals surface area contributed by atoms with Gasteiger partial charge >= 0.3 is 0 Å². The van der Waals surface area contributed by atoms with Crippen molar-refractivity contribution in [3.63, 3.8) is 0 Å². The molecule has 1 atom stereocenters. The summed E-state index contributed by atoms with van der Waals surface area (Å²) in [6, 6.07) is 3.93. The molecule has 4 nitrogen and oxygen atoms in total. The molecule has 0 heterocycles. The van der Waals surface area contributed by atoms with Crippen molar-refractivity contribution in [3.8, 4) is 5.75 Å². The number of aryl methyl sites for hydroxylation is 2. The number of nitrogens with one attached hydrogen (secondary N) is 1. The van der Waals surface area contributed by atoms with Gasteiger partial charge in [0, 0.05) is 12.3 Å². The molecule has 1 aromatic carbocycles. The van der Waals surface area contributed by atoms with Crippen LogP contribution in [0.1, 0.15) is 65.0 Å². The van der Waals surface area contributed by atoms with Crippen molar-refractivity contribution in [2.24, 2.45) is 5.92 Å². The molecule has 0 spiro atoms. The van der Waals surface area contributed by atoms with Gasteiger partial charge in [-0.3, -0.25) is 4.79 Å². The van der Waals surface area contributed by atoms with Crippen molar-refractivity contribution < 1.29 is 14.3 Å². The van der Waals surface area contributed by atoms with Gasteiger partial charge in [-0.1, -0.05) is 27.2 Å². The molecule has 0 aliphatic heterocycles. The molecule has 0 fully saturated rings. The Morgan fingerprint density at radius 3 is 2.28 bits per heavy atom. The van der Waals surface area contributed by atoms with Gasteiger partial charge in [-0.15, -0.1) is 0 Å². The second kappa shape index (κ2) is 9.81. The summed E-state index contributed by atoms with van der Waals surface area (Å²) < 4.78 is 11.7. The smallest absolute Gasteiger partial charge is 0.256 e. The summed E-state index contributed by atoms with van der Waals surface area (Å²) in [5.41, 5.74) is 2.04. The molecule has 0 aliphatic rings. The summed E-state index contributed by atoms with van der Waals surface area (Å²) in [6.45, 7) is 15.4. The van der Waals surface area contributed by atoms with E-state index in [4.69, 9.17) is 9.47 Å². The lowest BCUT2D eigenvalue weighted by molar-refractivity contribution is -0.140. The Bertz CT molecular complexity index is 545. The number of ether oxygens (including phenoxy) is 2. The zero-order valence-corrected chi connectivity index (χ0v) is 17.0. The lowest BCUT2D eigenvalue weighted by Gasteiger charge is -2.30. The van der Waals surface area contributed by atoms with E-state index in [2.05, 4.69) is 26.1 Å². The number of benzene rings is 1. The maximum atomic E-state index is 12.8. The first-order valence-electron chi connectivity index (χ1n) is 9.43. The van der Waals surface area contributed by atoms with Gasteiger partial charge in [-0.25, -0.2) is 0 Å². The van der Waals surface area contributed by atoms with Crippen LogP contribution in [-0.4, -0.2) is 24.7 Å². The highest BCUT2D eigenvalue weighted by atomic mass is 16.5. The lowest BCUT2D eigenvalue weighted by atomic mass is 9.93. The number of amides is 1. The maximum absolute atomic E-state index is 12.8. The quantitative estimate of drug-likeness (QED) is 0.586. The van der Waals surface area contributed by atoms with Crippen molar-refractivity contribution >= 4 is 11.6 Å². The van der Waals surface area contributed by atoms with E-state index >= 15 is 0 Å². The Kier molecular flexibility index (Phi) is 8.43. The monoisotopic (exact) mass is 349 g/mol. The van der Waals surface area contributed by atoms with Crippen molar-refractivity contribution in [1.29, 1.82) is 0 Å². The third-order valence-electron chi connectivity index (χ3n) is 4.20. The zero-order valence-electron chi connectivity index (χ0n) is 17.0. The molecule has 0 saturated heterocycles. The van der Waals surface area contributed by atoms with Gasteiger partial charge in [-0.05, 0) is 69.7 Å². The molecule has 0 aliphatic carbocycles. The summed E-state index contributed by atoms with van der Waals surface area (Å²) in [6.07, 6.45) is 2.83. The minimum Gasteiger partial charge on any atom is -0.493 e. The minimum atomic E-state index is -0.818. The van der Waals surface area contributed by atoms with Crippen LogP contribution >= 0.6 is 0 Å². The molecular formula is C21H35NO3. The largest absolute Gasteiger partial charge is 0.493 e. The van der Waals surface area contributed by atoms with E-state index in [1.165, 1.54) is 0 Å². The first-order chi connectivity index (χ1) is 11.7. The first kappa shape index (κ1) is 21.5. The van der Waals surface area contributed by atoms with E-state index in [9.17, 15) is 4.79 Å². The number of carbonyl (C=O) groups excluding carboxylic acids is 1. The number of rotatable bonds is 10. The Morgan fingerprint density at radius 1 is 1.20 bits per heavy atom. The molecule has 25 heavy (non-hydrogen) atoms. The Hall–Kier alpha value is -1.55. The fraction of sp³-hybridized carbons (Fsp3) is 0.667. The number of unbranched alkanes of at least 4 members (excludes halogenated alkanes) is 1. The van der Waals surface area contributed by atoms with Gasteiger partial charge in [0.15, 0.2) is 0 Å². The molecule has 0 radical (unpaired) electrons. The molecule has 142 valence electrons. The van der Waals surface area contributed by atoms with Gasteiger partial charge < -0.3 is 14.8 Å².